The zero-order chi connectivity index (χ0) is 26.4. The van der Waals surface area contributed by atoms with Gasteiger partial charge in [0.25, 0.3) is 0 Å². The lowest BCUT2D eigenvalue weighted by Gasteiger charge is -2.05. The summed E-state index contributed by atoms with van der Waals surface area (Å²) in [5.41, 5.74) is 10.2. The van der Waals surface area contributed by atoms with E-state index in [1.54, 1.807) is 12.2 Å². The van der Waals surface area contributed by atoms with Crippen LogP contribution in [0, 0.1) is 20.8 Å². The third kappa shape index (κ3) is 4.22. The lowest BCUT2D eigenvalue weighted by atomic mass is 10.1. The van der Waals surface area contributed by atoms with Crippen LogP contribution in [-0.4, -0.2) is 31.9 Å². The first kappa shape index (κ1) is 24.2. The monoisotopic (exact) mass is 494 g/mol. The molecule has 3 aromatic heterocycles. The summed E-state index contributed by atoms with van der Waals surface area (Å²) in [4.78, 5) is 26.6. The molecule has 188 valence electrons. The molecule has 0 atom stereocenters. The number of carboxylic acid groups (broad SMARTS) is 1. The van der Waals surface area contributed by atoms with Gasteiger partial charge in [0.1, 0.15) is 0 Å². The highest BCUT2D eigenvalue weighted by molar-refractivity contribution is 6.03. The second-order valence-corrected chi connectivity index (χ2v) is 9.46. The molecule has 7 nitrogen and oxygen atoms in total. The molecular formula is C30H30N4O3. The molecule has 0 spiro atoms. The number of H-pyrrole nitrogens is 3. The van der Waals surface area contributed by atoms with E-state index >= 15 is 0 Å². The van der Waals surface area contributed by atoms with Crippen molar-refractivity contribution in [2.75, 3.05) is 0 Å². The van der Waals surface area contributed by atoms with Crippen molar-refractivity contribution in [3.63, 3.8) is 0 Å². The number of allylic oxidation sites excluding steroid dienone is 1. The number of aromatic nitrogens is 3. The Bertz CT molecular complexity index is 1700. The van der Waals surface area contributed by atoms with Crippen LogP contribution in [0.15, 0.2) is 47.1 Å². The minimum absolute atomic E-state index is 0.0505. The zero-order valence-electron chi connectivity index (χ0n) is 21.5. The molecule has 0 saturated carbocycles. The Morgan fingerprint density at radius 1 is 1.00 bits per heavy atom. The number of hydrogen-bond donors (Lipinski definition) is 4. The average molecular weight is 495 g/mol. The van der Waals surface area contributed by atoms with Crippen molar-refractivity contribution in [3.05, 3.63) is 97.7 Å². The highest BCUT2D eigenvalue weighted by Gasteiger charge is 2.24. The van der Waals surface area contributed by atoms with E-state index in [-0.39, 0.29) is 6.42 Å². The molecule has 2 aliphatic rings. The van der Waals surface area contributed by atoms with E-state index in [0.29, 0.717) is 18.2 Å². The van der Waals surface area contributed by atoms with Crippen LogP contribution in [0.1, 0.15) is 58.2 Å². The van der Waals surface area contributed by atoms with Gasteiger partial charge < -0.3 is 24.8 Å². The molecule has 4 N–H and O–H groups in total. The van der Waals surface area contributed by atoms with Gasteiger partial charge in [-0.1, -0.05) is 25.3 Å². The van der Waals surface area contributed by atoms with Gasteiger partial charge in [-0.2, -0.15) is 0 Å². The first-order chi connectivity index (χ1) is 17.7. The minimum Gasteiger partial charge on any atom is -0.481 e. The van der Waals surface area contributed by atoms with Crippen LogP contribution in [0.4, 0.5) is 0 Å². The Morgan fingerprint density at radius 3 is 2.49 bits per heavy atom. The molecule has 0 fully saturated rings. The largest absolute Gasteiger partial charge is 0.481 e. The number of carboxylic acids is 1. The van der Waals surface area contributed by atoms with Crippen LogP contribution in [0.2, 0.25) is 0 Å². The van der Waals surface area contributed by atoms with Gasteiger partial charge in [0.2, 0.25) is 11.8 Å². The van der Waals surface area contributed by atoms with Gasteiger partial charge in [0.05, 0.1) is 11.4 Å². The summed E-state index contributed by atoms with van der Waals surface area (Å²) in [5.74, 6) is 0.248. The smallest absolute Gasteiger partial charge is 0.303 e. The summed E-state index contributed by atoms with van der Waals surface area (Å²) < 4.78 is 6.32. The molecule has 7 heteroatoms. The Hall–Kier alpha value is -4.52. The number of hydrogen-bond acceptors (Lipinski definition) is 3. The Balaban J connectivity index is 1.82. The minimum atomic E-state index is -0.825. The number of carbonyl (C=O) groups is 1. The molecule has 0 unspecified atom stereocenters. The fourth-order valence-corrected chi connectivity index (χ4v) is 4.96. The van der Waals surface area contributed by atoms with Gasteiger partial charge in [0.15, 0.2) is 0 Å². The lowest BCUT2D eigenvalue weighted by molar-refractivity contribution is -0.136. The van der Waals surface area contributed by atoms with Crippen molar-refractivity contribution in [2.24, 2.45) is 4.99 Å². The maximum Gasteiger partial charge on any atom is 0.303 e. The summed E-state index contributed by atoms with van der Waals surface area (Å²) in [6.07, 6.45) is 10.1. The maximum atomic E-state index is 11.4. The van der Waals surface area contributed by atoms with Crippen molar-refractivity contribution in [1.29, 1.82) is 0 Å². The van der Waals surface area contributed by atoms with Crippen LogP contribution in [0.5, 0.6) is 5.88 Å². The second kappa shape index (κ2) is 9.17. The summed E-state index contributed by atoms with van der Waals surface area (Å²) in [6.45, 7) is 16.0. The number of nitrogens with zero attached hydrogens (tertiary/aromatic N) is 1. The molecular weight excluding hydrogens is 464 g/mol. The predicted octanol–water partition coefficient (Wildman–Crippen LogP) is 4.56. The van der Waals surface area contributed by atoms with E-state index in [4.69, 9.17) is 9.73 Å². The summed E-state index contributed by atoms with van der Waals surface area (Å²) >= 11 is 0. The Kier molecular flexibility index (Phi) is 5.99. The van der Waals surface area contributed by atoms with E-state index in [9.17, 15) is 9.90 Å². The van der Waals surface area contributed by atoms with Gasteiger partial charge in [-0.15, -0.1) is 0 Å². The van der Waals surface area contributed by atoms with Crippen molar-refractivity contribution in [2.45, 2.75) is 40.5 Å². The molecule has 5 rings (SSSR count). The lowest BCUT2D eigenvalue weighted by Crippen LogP contribution is -2.13. The summed E-state index contributed by atoms with van der Waals surface area (Å²) in [6, 6.07) is 2.07. The average Bonchev–Trinajstić information content (AvgIpc) is 3.52. The predicted molar refractivity (Wildman–Crippen MR) is 148 cm³/mol. The van der Waals surface area contributed by atoms with Crippen molar-refractivity contribution < 1.29 is 14.6 Å². The molecule has 0 radical (unpaired) electrons. The zero-order valence-corrected chi connectivity index (χ0v) is 21.5. The number of aliphatic carboxylic acids is 1. The van der Waals surface area contributed by atoms with Crippen LogP contribution in [0.25, 0.3) is 24.3 Å². The van der Waals surface area contributed by atoms with E-state index in [1.807, 2.05) is 45.9 Å². The van der Waals surface area contributed by atoms with Gasteiger partial charge >= 0.3 is 5.97 Å². The second-order valence-electron chi connectivity index (χ2n) is 9.46. The molecule has 37 heavy (non-hydrogen) atoms. The number of aromatic amines is 3. The van der Waals surface area contributed by atoms with Crippen LogP contribution >= 0.6 is 0 Å². The standard InChI is InChI=1S/C30H30N4O3/c1-7-20-18(6)29-34-27(20)14-24-17(5)22(9-10-28(35)36)26(32-24)12-19-11-15(3)23(31-19)13-25-16(4)21(8-2)30(33-25)37-29/h7-8,11-14,31-32,34H,1-2,9-10H2,3-6H3,(H,35,36). The van der Waals surface area contributed by atoms with Gasteiger partial charge in [-0.05, 0) is 80.7 Å². The first-order valence-electron chi connectivity index (χ1n) is 12.2. The molecule has 0 aliphatic carbocycles. The number of nitrogens with one attached hydrogen (secondary N) is 3. The first-order valence-corrected chi connectivity index (χ1v) is 12.2. The van der Waals surface area contributed by atoms with E-state index in [0.717, 1.165) is 72.4 Å². The topological polar surface area (TPSA) is 106 Å². The number of aryl methyl sites for hydroxylation is 1. The molecule has 5 heterocycles. The molecule has 2 aliphatic heterocycles. The normalized spacial score (nSPS) is 14.4. The van der Waals surface area contributed by atoms with Gasteiger partial charge in [0, 0.05) is 45.2 Å². The number of aliphatic imine (C=N–C) groups is 1. The number of rotatable bonds is 5. The highest BCUT2D eigenvalue weighted by Crippen LogP contribution is 2.32. The van der Waals surface area contributed by atoms with Crippen LogP contribution < -0.4 is 15.4 Å². The van der Waals surface area contributed by atoms with Crippen molar-refractivity contribution in [1.82, 2.24) is 15.0 Å². The van der Waals surface area contributed by atoms with Gasteiger partial charge in [-0.25, -0.2) is 4.99 Å². The molecule has 0 aromatic carbocycles. The fraction of sp³-hybridized carbons (Fsp3) is 0.200. The maximum absolute atomic E-state index is 11.4. The van der Waals surface area contributed by atoms with Gasteiger partial charge in [-0.3, -0.25) is 4.79 Å². The van der Waals surface area contributed by atoms with Crippen molar-refractivity contribution >= 4 is 36.2 Å². The molecule has 8 bridgehead atoms. The summed E-state index contributed by atoms with van der Waals surface area (Å²) in [7, 11) is 0. The SMILES string of the molecule is C=CC1=C(C)C2=Cc3[nH]c(cc3C)C=c3[nH]c(c(C)c3CCC(=O)O)=Cc3[nH]c(c(C)c3C=C)OC1=N2. The molecule has 0 saturated heterocycles. The molecule has 3 aromatic rings. The third-order valence-electron chi connectivity index (χ3n) is 7.12. The van der Waals surface area contributed by atoms with Crippen molar-refractivity contribution in [3.8, 4) is 5.88 Å². The van der Waals surface area contributed by atoms with E-state index in [1.165, 1.54) is 0 Å². The van der Waals surface area contributed by atoms with E-state index in [2.05, 4.69) is 34.2 Å². The van der Waals surface area contributed by atoms with E-state index < -0.39 is 5.97 Å². The van der Waals surface area contributed by atoms with Crippen LogP contribution in [0.3, 0.4) is 0 Å². The number of ether oxygens (including phenoxy) is 1. The third-order valence-corrected chi connectivity index (χ3v) is 7.12. The fourth-order valence-electron chi connectivity index (χ4n) is 4.96. The molecule has 0 amide bonds. The van der Waals surface area contributed by atoms with Crippen LogP contribution in [-0.2, 0) is 11.2 Å². The summed E-state index contributed by atoms with van der Waals surface area (Å²) in [5, 5.41) is 11.1. The Labute approximate surface area is 215 Å². The highest BCUT2D eigenvalue weighted by atomic mass is 16.5. The number of fused-ring (bicyclic) bond motifs is 7. The Morgan fingerprint density at radius 2 is 1.78 bits per heavy atom. The quantitative estimate of drug-likeness (QED) is 0.418.